The van der Waals surface area contributed by atoms with Gasteiger partial charge in [0.15, 0.2) is 0 Å². The lowest BCUT2D eigenvalue weighted by Crippen LogP contribution is -2.18. The molecule has 0 bridgehead atoms. The number of halogens is 1. The van der Waals surface area contributed by atoms with E-state index < -0.39 is 0 Å². The van der Waals surface area contributed by atoms with Crippen LogP contribution < -0.4 is 5.32 Å². The van der Waals surface area contributed by atoms with Gasteiger partial charge < -0.3 is 4.57 Å². The molecule has 0 radical (unpaired) electrons. The van der Waals surface area contributed by atoms with Gasteiger partial charge in [-0.05, 0) is 36.2 Å². The fraction of sp³-hybridized carbons (Fsp3) is 0.222. The molecule has 0 unspecified atom stereocenters. The van der Waals surface area contributed by atoms with Gasteiger partial charge in [-0.15, -0.1) is 0 Å². The number of carbonyl (C=O) groups is 1. The van der Waals surface area contributed by atoms with Gasteiger partial charge in [-0.25, -0.2) is 4.98 Å². The van der Waals surface area contributed by atoms with Gasteiger partial charge in [0.2, 0.25) is 11.9 Å². The van der Waals surface area contributed by atoms with Gasteiger partial charge in [0.25, 0.3) is 0 Å². The molecule has 0 spiro atoms. The summed E-state index contributed by atoms with van der Waals surface area (Å²) < 4.78 is 2.05. The second-order valence-corrected chi connectivity index (χ2v) is 5.87. The number of hydrogen-bond acceptors (Lipinski definition) is 2. The van der Waals surface area contributed by atoms with E-state index in [2.05, 4.69) is 17.2 Å². The number of nitrogens with zero attached hydrogens (tertiary/aromatic N) is 2. The third-order valence-electron chi connectivity index (χ3n) is 3.61. The molecule has 0 aliphatic rings. The van der Waals surface area contributed by atoms with E-state index in [9.17, 15) is 4.79 Å². The SMILES string of the molecule is CCCn1c(NC(=O)Cc2cccc(Cl)c2)nc2ccccc21. The minimum atomic E-state index is -0.0973. The van der Waals surface area contributed by atoms with Crippen LogP contribution in [0.2, 0.25) is 5.02 Å². The number of para-hydroxylation sites is 2. The van der Waals surface area contributed by atoms with Crippen LogP contribution >= 0.6 is 11.6 Å². The predicted octanol–water partition coefficient (Wildman–Crippen LogP) is 4.28. The second-order valence-electron chi connectivity index (χ2n) is 5.43. The summed E-state index contributed by atoms with van der Waals surface area (Å²) in [5.74, 6) is 0.500. The molecule has 3 rings (SSSR count). The molecule has 0 saturated heterocycles. The van der Waals surface area contributed by atoms with Crippen molar-refractivity contribution >= 4 is 34.5 Å². The quantitative estimate of drug-likeness (QED) is 0.760. The van der Waals surface area contributed by atoms with Crippen molar-refractivity contribution in [3.05, 3.63) is 59.1 Å². The third-order valence-corrected chi connectivity index (χ3v) is 3.84. The Morgan fingerprint density at radius 2 is 2.04 bits per heavy atom. The van der Waals surface area contributed by atoms with Crippen molar-refractivity contribution in [2.45, 2.75) is 26.3 Å². The first-order valence-electron chi connectivity index (χ1n) is 7.67. The fourth-order valence-corrected chi connectivity index (χ4v) is 2.83. The Balaban J connectivity index is 1.83. The van der Waals surface area contributed by atoms with Crippen molar-refractivity contribution < 1.29 is 4.79 Å². The Morgan fingerprint density at radius 1 is 1.22 bits per heavy atom. The maximum absolute atomic E-state index is 12.3. The van der Waals surface area contributed by atoms with Crippen LogP contribution in [-0.2, 0) is 17.8 Å². The Labute approximate surface area is 140 Å². The Hall–Kier alpha value is -2.33. The van der Waals surface area contributed by atoms with Crippen molar-refractivity contribution in [1.29, 1.82) is 0 Å². The number of amides is 1. The first kappa shape index (κ1) is 15.6. The highest BCUT2D eigenvalue weighted by molar-refractivity contribution is 6.30. The molecule has 5 heteroatoms. The summed E-state index contributed by atoms with van der Waals surface area (Å²) in [5.41, 5.74) is 2.81. The van der Waals surface area contributed by atoms with E-state index in [0.717, 1.165) is 29.6 Å². The number of rotatable bonds is 5. The van der Waals surface area contributed by atoms with Gasteiger partial charge >= 0.3 is 0 Å². The third kappa shape index (κ3) is 3.54. The number of fused-ring (bicyclic) bond motifs is 1. The summed E-state index contributed by atoms with van der Waals surface area (Å²) >= 11 is 5.96. The molecule has 0 atom stereocenters. The fourth-order valence-electron chi connectivity index (χ4n) is 2.62. The van der Waals surface area contributed by atoms with Crippen LogP contribution in [0, 0.1) is 0 Å². The van der Waals surface area contributed by atoms with Crippen molar-refractivity contribution in [2.75, 3.05) is 5.32 Å². The normalized spacial score (nSPS) is 10.9. The molecule has 1 aromatic heterocycles. The number of nitrogens with one attached hydrogen (secondary N) is 1. The molecule has 2 aromatic carbocycles. The summed E-state index contributed by atoms with van der Waals surface area (Å²) in [6, 6.07) is 15.2. The van der Waals surface area contributed by atoms with Crippen LogP contribution in [0.1, 0.15) is 18.9 Å². The number of hydrogen-bond donors (Lipinski definition) is 1. The molecular weight excluding hydrogens is 310 g/mol. The smallest absolute Gasteiger partial charge is 0.231 e. The highest BCUT2D eigenvalue weighted by atomic mass is 35.5. The Bertz CT molecular complexity index is 841. The number of benzene rings is 2. The molecule has 0 aliphatic heterocycles. The van der Waals surface area contributed by atoms with Crippen LogP contribution in [0.3, 0.4) is 0 Å². The van der Waals surface area contributed by atoms with E-state index in [1.54, 1.807) is 12.1 Å². The standard InChI is InChI=1S/C18H18ClN3O/c1-2-10-22-16-9-4-3-8-15(16)20-18(22)21-17(23)12-13-6-5-7-14(19)11-13/h3-9,11H,2,10,12H2,1H3,(H,20,21,23). The first-order chi connectivity index (χ1) is 11.2. The summed E-state index contributed by atoms with van der Waals surface area (Å²) in [6.07, 6.45) is 1.24. The van der Waals surface area contributed by atoms with E-state index in [0.29, 0.717) is 11.0 Å². The molecule has 3 aromatic rings. The molecule has 1 heterocycles. The van der Waals surface area contributed by atoms with Crippen molar-refractivity contribution in [3.63, 3.8) is 0 Å². The number of aromatic nitrogens is 2. The lowest BCUT2D eigenvalue weighted by molar-refractivity contribution is -0.115. The predicted molar refractivity (Wildman–Crippen MR) is 93.8 cm³/mol. The topological polar surface area (TPSA) is 46.9 Å². The van der Waals surface area contributed by atoms with E-state index in [1.807, 2.05) is 41.0 Å². The Kier molecular flexibility index (Phi) is 4.63. The van der Waals surface area contributed by atoms with Gasteiger partial charge in [0.05, 0.1) is 17.5 Å². The highest BCUT2D eigenvalue weighted by Crippen LogP contribution is 2.20. The average Bonchev–Trinajstić information content (AvgIpc) is 2.85. The largest absolute Gasteiger partial charge is 0.310 e. The molecule has 0 saturated carbocycles. The van der Waals surface area contributed by atoms with Crippen LogP contribution in [0.25, 0.3) is 11.0 Å². The molecule has 23 heavy (non-hydrogen) atoms. The minimum absolute atomic E-state index is 0.0973. The lowest BCUT2D eigenvalue weighted by Gasteiger charge is -2.09. The zero-order valence-electron chi connectivity index (χ0n) is 12.9. The first-order valence-corrected chi connectivity index (χ1v) is 8.04. The van der Waals surface area contributed by atoms with Crippen molar-refractivity contribution in [2.24, 2.45) is 0 Å². The molecule has 1 N–H and O–H groups in total. The molecule has 1 amide bonds. The zero-order chi connectivity index (χ0) is 16.2. The molecular formula is C18H18ClN3O. The van der Waals surface area contributed by atoms with Crippen molar-refractivity contribution in [3.8, 4) is 0 Å². The summed E-state index contributed by atoms with van der Waals surface area (Å²) in [5, 5.41) is 3.56. The van der Waals surface area contributed by atoms with Crippen LogP contribution in [0.5, 0.6) is 0 Å². The van der Waals surface area contributed by atoms with Crippen molar-refractivity contribution in [1.82, 2.24) is 9.55 Å². The number of imidazole rings is 1. The van der Waals surface area contributed by atoms with Crippen LogP contribution in [-0.4, -0.2) is 15.5 Å². The van der Waals surface area contributed by atoms with E-state index >= 15 is 0 Å². The second kappa shape index (κ2) is 6.84. The van der Waals surface area contributed by atoms with E-state index in [4.69, 9.17) is 11.6 Å². The maximum atomic E-state index is 12.3. The van der Waals surface area contributed by atoms with Gasteiger partial charge in [-0.3, -0.25) is 10.1 Å². The molecule has 0 fully saturated rings. The number of carbonyl (C=O) groups excluding carboxylic acids is 1. The minimum Gasteiger partial charge on any atom is -0.310 e. The van der Waals surface area contributed by atoms with Gasteiger partial charge in [0, 0.05) is 11.6 Å². The Morgan fingerprint density at radius 3 is 2.83 bits per heavy atom. The van der Waals surface area contributed by atoms with E-state index in [-0.39, 0.29) is 12.3 Å². The van der Waals surface area contributed by atoms with Gasteiger partial charge in [-0.2, -0.15) is 0 Å². The number of aryl methyl sites for hydroxylation is 1. The molecule has 0 aliphatic carbocycles. The monoisotopic (exact) mass is 327 g/mol. The molecule has 4 nitrogen and oxygen atoms in total. The van der Waals surface area contributed by atoms with Gasteiger partial charge in [-0.1, -0.05) is 42.8 Å². The van der Waals surface area contributed by atoms with Crippen LogP contribution in [0.4, 0.5) is 5.95 Å². The lowest BCUT2D eigenvalue weighted by atomic mass is 10.1. The van der Waals surface area contributed by atoms with Gasteiger partial charge in [0.1, 0.15) is 0 Å². The maximum Gasteiger partial charge on any atom is 0.231 e. The highest BCUT2D eigenvalue weighted by Gasteiger charge is 2.13. The zero-order valence-corrected chi connectivity index (χ0v) is 13.7. The number of anilines is 1. The summed E-state index contributed by atoms with van der Waals surface area (Å²) in [4.78, 5) is 16.9. The summed E-state index contributed by atoms with van der Waals surface area (Å²) in [6.45, 7) is 2.92. The summed E-state index contributed by atoms with van der Waals surface area (Å²) in [7, 11) is 0. The van der Waals surface area contributed by atoms with Crippen LogP contribution in [0.15, 0.2) is 48.5 Å². The molecule has 118 valence electrons. The van der Waals surface area contributed by atoms with E-state index in [1.165, 1.54) is 0 Å². The average molecular weight is 328 g/mol.